The van der Waals surface area contributed by atoms with Crippen molar-refractivity contribution in [1.29, 1.82) is 0 Å². The number of fused-ring (bicyclic) bond motifs is 1. The molecule has 3 heteroatoms. The van der Waals surface area contributed by atoms with Crippen molar-refractivity contribution in [3.63, 3.8) is 0 Å². The summed E-state index contributed by atoms with van der Waals surface area (Å²) in [5.74, 6) is 0.0865. The Kier molecular flexibility index (Phi) is 4.99. The van der Waals surface area contributed by atoms with Crippen LogP contribution in [0.3, 0.4) is 0 Å². The zero-order chi connectivity index (χ0) is 16.9. The zero-order valence-corrected chi connectivity index (χ0v) is 14.3. The van der Waals surface area contributed by atoms with E-state index in [4.69, 9.17) is 0 Å². The molecule has 1 unspecified atom stereocenters. The molecule has 0 fully saturated rings. The highest BCUT2D eigenvalue weighted by Gasteiger charge is 2.13. The second kappa shape index (κ2) is 7.35. The van der Waals surface area contributed by atoms with E-state index in [1.165, 1.54) is 5.56 Å². The Labute approximate surface area is 143 Å². The van der Waals surface area contributed by atoms with Gasteiger partial charge in [0, 0.05) is 22.6 Å². The van der Waals surface area contributed by atoms with E-state index >= 15 is 0 Å². The van der Waals surface area contributed by atoms with Crippen molar-refractivity contribution in [1.82, 2.24) is 10.3 Å². The van der Waals surface area contributed by atoms with Crippen LogP contribution < -0.4 is 5.32 Å². The minimum absolute atomic E-state index is 0.0865. The summed E-state index contributed by atoms with van der Waals surface area (Å²) in [6, 6.07) is 18.7. The number of carbonyl (C=O) groups is 1. The van der Waals surface area contributed by atoms with Crippen LogP contribution in [0.15, 0.2) is 54.6 Å². The number of rotatable bonds is 6. The number of aromatic nitrogens is 1. The van der Waals surface area contributed by atoms with Gasteiger partial charge in [-0.3, -0.25) is 4.79 Å². The topological polar surface area (TPSA) is 44.9 Å². The number of hydrogen-bond donors (Lipinski definition) is 2. The molecule has 1 heterocycles. The first kappa shape index (κ1) is 16.3. The van der Waals surface area contributed by atoms with E-state index < -0.39 is 0 Å². The van der Waals surface area contributed by atoms with Gasteiger partial charge in [0.05, 0.1) is 6.42 Å². The molecule has 2 aromatic carbocycles. The number of carbonyl (C=O) groups excluding carboxylic acids is 1. The van der Waals surface area contributed by atoms with Crippen molar-refractivity contribution in [3.8, 4) is 0 Å². The lowest BCUT2D eigenvalue weighted by molar-refractivity contribution is -0.121. The first-order chi connectivity index (χ1) is 11.6. The SMILES string of the molecule is Cc1[nH]c2ccccc2c1CC(=O)NC(C)CCc1ccccc1. The van der Waals surface area contributed by atoms with E-state index in [-0.39, 0.29) is 11.9 Å². The number of benzene rings is 2. The third kappa shape index (κ3) is 3.85. The van der Waals surface area contributed by atoms with E-state index in [0.717, 1.165) is 35.0 Å². The monoisotopic (exact) mass is 320 g/mol. The van der Waals surface area contributed by atoms with Crippen molar-refractivity contribution in [2.45, 2.75) is 39.2 Å². The number of hydrogen-bond acceptors (Lipinski definition) is 1. The average molecular weight is 320 g/mol. The Bertz CT molecular complexity index is 820. The van der Waals surface area contributed by atoms with Crippen LogP contribution in [-0.2, 0) is 17.6 Å². The Morgan fingerprint density at radius 2 is 1.79 bits per heavy atom. The lowest BCUT2D eigenvalue weighted by Gasteiger charge is -2.14. The van der Waals surface area contributed by atoms with Gasteiger partial charge in [-0.25, -0.2) is 0 Å². The molecule has 1 atom stereocenters. The third-order valence-electron chi connectivity index (χ3n) is 4.48. The van der Waals surface area contributed by atoms with Crippen LogP contribution in [0.1, 0.15) is 30.2 Å². The zero-order valence-electron chi connectivity index (χ0n) is 14.3. The molecule has 3 nitrogen and oxygen atoms in total. The van der Waals surface area contributed by atoms with Gasteiger partial charge in [-0.2, -0.15) is 0 Å². The lowest BCUT2D eigenvalue weighted by Crippen LogP contribution is -2.34. The fraction of sp³-hybridized carbons (Fsp3) is 0.286. The number of para-hydroxylation sites is 1. The number of nitrogens with one attached hydrogen (secondary N) is 2. The minimum atomic E-state index is 0.0865. The molecular formula is C21H24N2O. The number of aromatic amines is 1. The van der Waals surface area contributed by atoms with Crippen LogP contribution in [-0.4, -0.2) is 16.9 Å². The van der Waals surface area contributed by atoms with Gasteiger partial charge in [-0.05, 0) is 43.9 Å². The van der Waals surface area contributed by atoms with E-state index in [1.807, 2.05) is 31.2 Å². The first-order valence-corrected chi connectivity index (χ1v) is 8.53. The molecule has 0 saturated heterocycles. The largest absolute Gasteiger partial charge is 0.358 e. The standard InChI is InChI=1S/C21H24N2O/c1-15(12-13-17-8-4-3-5-9-17)22-21(24)14-19-16(2)23-20-11-7-6-10-18(19)20/h3-11,15,23H,12-14H2,1-2H3,(H,22,24). The van der Waals surface area contributed by atoms with Crippen molar-refractivity contribution >= 4 is 16.8 Å². The fourth-order valence-electron chi connectivity index (χ4n) is 3.15. The quantitative estimate of drug-likeness (QED) is 0.704. The van der Waals surface area contributed by atoms with Gasteiger partial charge in [0.25, 0.3) is 0 Å². The molecule has 0 aliphatic rings. The van der Waals surface area contributed by atoms with Crippen LogP contribution in [0.4, 0.5) is 0 Å². The Morgan fingerprint density at radius 1 is 1.08 bits per heavy atom. The molecule has 3 rings (SSSR count). The van der Waals surface area contributed by atoms with Crippen LogP contribution in [0.25, 0.3) is 10.9 Å². The van der Waals surface area contributed by atoms with Gasteiger partial charge >= 0.3 is 0 Å². The molecule has 1 amide bonds. The van der Waals surface area contributed by atoms with Crippen LogP contribution in [0, 0.1) is 6.92 Å². The van der Waals surface area contributed by atoms with Gasteiger partial charge in [0.15, 0.2) is 0 Å². The maximum absolute atomic E-state index is 12.4. The van der Waals surface area contributed by atoms with Crippen LogP contribution >= 0.6 is 0 Å². The van der Waals surface area contributed by atoms with E-state index in [1.54, 1.807) is 0 Å². The molecule has 1 aromatic heterocycles. The Balaban J connectivity index is 1.57. The second-order valence-corrected chi connectivity index (χ2v) is 6.44. The van der Waals surface area contributed by atoms with Crippen LogP contribution in [0.2, 0.25) is 0 Å². The normalized spacial score (nSPS) is 12.2. The van der Waals surface area contributed by atoms with Gasteiger partial charge in [-0.1, -0.05) is 48.5 Å². The summed E-state index contributed by atoms with van der Waals surface area (Å²) in [7, 11) is 0. The second-order valence-electron chi connectivity index (χ2n) is 6.44. The maximum Gasteiger partial charge on any atom is 0.224 e. The molecule has 0 aliphatic heterocycles. The van der Waals surface area contributed by atoms with Crippen LogP contribution in [0.5, 0.6) is 0 Å². The lowest BCUT2D eigenvalue weighted by atomic mass is 10.0. The van der Waals surface area contributed by atoms with Gasteiger partial charge < -0.3 is 10.3 Å². The predicted molar refractivity (Wildman–Crippen MR) is 99.1 cm³/mol. The highest BCUT2D eigenvalue weighted by atomic mass is 16.1. The van der Waals surface area contributed by atoms with E-state index in [9.17, 15) is 4.79 Å². The number of amides is 1. The first-order valence-electron chi connectivity index (χ1n) is 8.53. The van der Waals surface area contributed by atoms with Crippen molar-refractivity contribution in [3.05, 3.63) is 71.4 Å². The molecule has 0 aliphatic carbocycles. The molecule has 0 saturated carbocycles. The summed E-state index contributed by atoms with van der Waals surface area (Å²) in [6.45, 7) is 4.10. The highest BCUT2D eigenvalue weighted by Crippen LogP contribution is 2.22. The molecule has 0 spiro atoms. The number of aryl methyl sites for hydroxylation is 2. The molecule has 24 heavy (non-hydrogen) atoms. The Hall–Kier alpha value is -2.55. The summed E-state index contributed by atoms with van der Waals surface area (Å²) in [5, 5.41) is 4.27. The summed E-state index contributed by atoms with van der Waals surface area (Å²) in [4.78, 5) is 15.8. The molecule has 0 radical (unpaired) electrons. The maximum atomic E-state index is 12.4. The summed E-state index contributed by atoms with van der Waals surface area (Å²) >= 11 is 0. The number of H-pyrrole nitrogens is 1. The molecule has 0 bridgehead atoms. The van der Waals surface area contributed by atoms with Gasteiger partial charge in [0.1, 0.15) is 0 Å². The van der Waals surface area contributed by atoms with E-state index in [0.29, 0.717) is 6.42 Å². The predicted octanol–water partition coefficient (Wildman–Crippen LogP) is 4.16. The third-order valence-corrected chi connectivity index (χ3v) is 4.48. The highest BCUT2D eigenvalue weighted by molar-refractivity contribution is 5.90. The molecule has 124 valence electrons. The average Bonchev–Trinajstić information content (AvgIpc) is 2.90. The van der Waals surface area contributed by atoms with Crippen molar-refractivity contribution in [2.24, 2.45) is 0 Å². The summed E-state index contributed by atoms with van der Waals surface area (Å²) < 4.78 is 0. The summed E-state index contributed by atoms with van der Waals surface area (Å²) in [5.41, 5.74) is 4.57. The molecule has 2 N–H and O–H groups in total. The summed E-state index contributed by atoms with van der Waals surface area (Å²) in [6.07, 6.45) is 2.35. The van der Waals surface area contributed by atoms with Gasteiger partial charge in [0.2, 0.25) is 5.91 Å². The smallest absolute Gasteiger partial charge is 0.224 e. The molecule has 3 aromatic rings. The Morgan fingerprint density at radius 3 is 2.58 bits per heavy atom. The fourth-order valence-corrected chi connectivity index (χ4v) is 3.15. The van der Waals surface area contributed by atoms with Crippen molar-refractivity contribution < 1.29 is 4.79 Å². The van der Waals surface area contributed by atoms with E-state index in [2.05, 4.69) is 47.6 Å². The molecular weight excluding hydrogens is 296 g/mol. The van der Waals surface area contributed by atoms with Gasteiger partial charge in [-0.15, -0.1) is 0 Å². The van der Waals surface area contributed by atoms with Crippen molar-refractivity contribution in [2.75, 3.05) is 0 Å². The minimum Gasteiger partial charge on any atom is -0.358 e.